The van der Waals surface area contributed by atoms with Crippen molar-refractivity contribution in [3.05, 3.63) is 42.9 Å². The molecule has 1 aromatic carbocycles. The van der Waals surface area contributed by atoms with Crippen LogP contribution < -0.4 is 4.74 Å². The molecule has 1 aliphatic heterocycles. The molecule has 28 heavy (non-hydrogen) atoms. The first kappa shape index (κ1) is 18.7. The van der Waals surface area contributed by atoms with Crippen molar-refractivity contribution in [2.45, 2.75) is 45.3 Å². The van der Waals surface area contributed by atoms with Gasteiger partial charge in [0.15, 0.2) is 0 Å². The average Bonchev–Trinajstić information content (AvgIpc) is 3.20. The van der Waals surface area contributed by atoms with Crippen LogP contribution in [0.2, 0.25) is 0 Å². The number of aromatic nitrogens is 2. The quantitative estimate of drug-likeness (QED) is 0.798. The maximum atomic E-state index is 12.3. The van der Waals surface area contributed by atoms with Gasteiger partial charge in [0.05, 0.1) is 11.8 Å². The summed E-state index contributed by atoms with van der Waals surface area (Å²) in [7, 11) is 0. The summed E-state index contributed by atoms with van der Waals surface area (Å²) in [5.74, 6) is 1.84. The lowest BCUT2D eigenvalue weighted by Crippen LogP contribution is -2.36. The van der Waals surface area contributed by atoms with E-state index < -0.39 is 5.60 Å². The van der Waals surface area contributed by atoms with Crippen molar-refractivity contribution in [3.63, 3.8) is 0 Å². The highest BCUT2D eigenvalue weighted by Gasteiger charge is 2.44. The minimum atomic E-state index is -0.449. The molecule has 2 aliphatic rings. The zero-order valence-corrected chi connectivity index (χ0v) is 16.7. The van der Waals surface area contributed by atoms with E-state index in [0.29, 0.717) is 11.8 Å². The van der Waals surface area contributed by atoms with Crippen LogP contribution in [-0.4, -0.2) is 45.8 Å². The van der Waals surface area contributed by atoms with Gasteiger partial charge in [0, 0.05) is 24.8 Å². The zero-order valence-electron chi connectivity index (χ0n) is 16.7. The van der Waals surface area contributed by atoms with Gasteiger partial charge in [0.1, 0.15) is 17.7 Å². The predicted molar refractivity (Wildman–Crippen MR) is 106 cm³/mol. The molecule has 6 nitrogen and oxygen atoms in total. The molecular weight excluding hydrogens is 354 g/mol. The van der Waals surface area contributed by atoms with Crippen LogP contribution in [0.25, 0.3) is 11.3 Å². The highest BCUT2D eigenvalue weighted by Crippen LogP contribution is 2.40. The summed E-state index contributed by atoms with van der Waals surface area (Å²) in [5.41, 5.74) is 1.46. The maximum Gasteiger partial charge on any atom is 0.410 e. The molecule has 148 valence electrons. The Morgan fingerprint density at radius 2 is 1.89 bits per heavy atom. The molecule has 0 N–H and O–H groups in total. The molecule has 0 radical (unpaired) electrons. The van der Waals surface area contributed by atoms with Gasteiger partial charge < -0.3 is 14.4 Å². The monoisotopic (exact) mass is 381 g/mol. The first-order valence-corrected chi connectivity index (χ1v) is 9.88. The van der Waals surface area contributed by atoms with Crippen molar-refractivity contribution in [1.82, 2.24) is 14.9 Å². The van der Waals surface area contributed by atoms with Gasteiger partial charge in [-0.25, -0.2) is 14.8 Å². The lowest BCUT2D eigenvalue weighted by Gasteiger charge is -2.25. The van der Waals surface area contributed by atoms with Gasteiger partial charge in [-0.1, -0.05) is 12.1 Å². The third-order valence-corrected chi connectivity index (χ3v) is 5.37. The fourth-order valence-electron chi connectivity index (χ4n) is 4.20. The van der Waals surface area contributed by atoms with Crippen molar-refractivity contribution in [3.8, 4) is 17.0 Å². The molecule has 0 spiro atoms. The van der Waals surface area contributed by atoms with Crippen molar-refractivity contribution in [1.29, 1.82) is 0 Å². The third-order valence-electron chi connectivity index (χ3n) is 5.37. The summed E-state index contributed by atoms with van der Waals surface area (Å²) in [6.07, 6.45) is 5.24. The lowest BCUT2D eigenvalue weighted by atomic mass is 10.0. The second-order valence-corrected chi connectivity index (χ2v) is 8.74. The molecule has 1 amide bonds. The fraction of sp³-hybridized carbons (Fsp3) is 0.500. The number of likely N-dealkylation sites (tertiary alicyclic amines) is 1. The summed E-state index contributed by atoms with van der Waals surface area (Å²) in [6, 6.07) is 9.93. The second-order valence-electron chi connectivity index (χ2n) is 8.74. The van der Waals surface area contributed by atoms with Gasteiger partial charge in [0.2, 0.25) is 0 Å². The van der Waals surface area contributed by atoms with Gasteiger partial charge >= 0.3 is 6.09 Å². The molecule has 1 saturated heterocycles. The minimum Gasteiger partial charge on any atom is -0.490 e. The average molecular weight is 381 g/mol. The number of hydrogen-bond acceptors (Lipinski definition) is 5. The largest absolute Gasteiger partial charge is 0.490 e. The number of rotatable bonds is 3. The predicted octanol–water partition coefficient (Wildman–Crippen LogP) is 4.17. The number of fused-ring (bicyclic) bond motifs is 1. The normalized spacial score (nSPS) is 24.1. The molecule has 1 aromatic heterocycles. The van der Waals surface area contributed by atoms with Crippen molar-refractivity contribution < 1.29 is 14.3 Å². The molecule has 6 heteroatoms. The summed E-state index contributed by atoms with van der Waals surface area (Å²) in [6.45, 7) is 7.24. The van der Waals surface area contributed by atoms with E-state index in [1.54, 1.807) is 12.5 Å². The van der Waals surface area contributed by atoms with Crippen molar-refractivity contribution >= 4 is 6.09 Å². The third kappa shape index (κ3) is 4.26. The molecule has 1 unspecified atom stereocenters. The lowest BCUT2D eigenvalue weighted by molar-refractivity contribution is 0.0272. The number of nitrogens with zero attached hydrogens (tertiary/aromatic N) is 3. The summed E-state index contributed by atoms with van der Waals surface area (Å²) >= 11 is 0. The van der Waals surface area contributed by atoms with Crippen LogP contribution in [0.1, 0.15) is 33.6 Å². The number of benzene rings is 1. The number of amides is 1. The Morgan fingerprint density at radius 3 is 2.54 bits per heavy atom. The van der Waals surface area contributed by atoms with E-state index in [0.717, 1.165) is 42.9 Å². The standard InChI is InChI=1S/C22H27N3O3/c1-22(2,3)28-21(26)25-12-16-10-19(11-17(16)13-25)27-18-6-4-5-15(9-18)20-7-8-23-14-24-20/h4-9,14,16-17,19H,10-13H2,1-3H3/t16-,17+,19?. The van der Waals surface area contributed by atoms with Gasteiger partial charge in [-0.3, -0.25) is 0 Å². The van der Waals surface area contributed by atoms with Gasteiger partial charge in [0.25, 0.3) is 0 Å². The molecule has 2 aromatic rings. The number of hydrogen-bond donors (Lipinski definition) is 0. The van der Waals surface area contributed by atoms with Gasteiger partial charge in [-0.15, -0.1) is 0 Å². The Hall–Kier alpha value is -2.63. The van der Waals surface area contributed by atoms with E-state index in [4.69, 9.17) is 9.47 Å². The number of carbonyl (C=O) groups is 1. The number of carbonyl (C=O) groups excluding carboxylic acids is 1. The van der Waals surface area contributed by atoms with Crippen LogP contribution in [-0.2, 0) is 4.74 Å². The van der Waals surface area contributed by atoms with Crippen LogP contribution in [0.3, 0.4) is 0 Å². The molecule has 1 saturated carbocycles. The fourth-order valence-corrected chi connectivity index (χ4v) is 4.20. The van der Waals surface area contributed by atoms with Gasteiger partial charge in [-0.05, 0) is 63.6 Å². The highest BCUT2D eigenvalue weighted by atomic mass is 16.6. The van der Waals surface area contributed by atoms with Crippen molar-refractivity contribution in [2.24, 2.45) is 11.8 Å². The van der Waals surface area contributed by atoms with Crippen LogP contribution in [0, 0.1) is 11.8 Å². The Labute approximate surface area is 165 Å². The molecule has 2 heterocycles. The van der Waals surface area contributed by atoms with Gasteiger partial charge in [-0.2, -0.15) is 0 Å². The van der Waals surface area contributed by atoms with Crippen LogP contribution in [0.5, 0.6) is 5.75 Å². The Balaban J connectivity index is 1.34. The molecule has 3 atom stereocenters. The SMILES string of the molecule is CC(C)(C)OC(=O)N1C[C@H]2CC(Oc3cccc(-c4ccncn4)c3)C[C@H]2C1. The van der Waals surface area contributed by atoms with Crippen molar-refractivity contribution in [2.75, 3.05) is 13.1 Å². The first-order valence-electron chi connectivity index (χ1n) is 9.88. The van der Waals surface area contributed by atoms with Crippen LogP contribution in [0.15, 0.2) is 42.9 Å². The molecule has 1 aliphatic carbocycles. The molecule has 2 fully saturated rings. The Kier molecular flexibility index (Phi) is 4.96. The summed E-state index contributed by atoms with van der Waals surface area (Å²) < 4.78 is 11.8. The molecule has 0 bridgehead atoms. The minimum absolute atomic E-state index is 0.191. The van der Waals surface area contributed by atoms with E-state index in [-0.39, 0.29) is 12.2 Å². The van der Waals surface area contributed by atoms with Crippen LogP contribution >= 0.6 is 0 Å². The first-order chi connectivity index (χ1) is 13.4. The zero-order chi connectivity index (χ0) is 19.7. The molecular formula is C22H27N3O3. The van der Waals surface area contributed by atoms with E-state index in [1.165, 1.54) is 0 Å². The number of ether oxygens (including phenoxy) is 2. The van der Waals surface area contributed by atoms with E-state index in [9.17, 15) is 4.79 Å². The van der Waals surface area contributed by atoms with E-state index >= 15 is 0 Å². The summed E-state index contributed by atoms with van der Waals surface area (Å²) in [5, 5.41) is 0. The Morgan fingerprint density at radius 1 is 1.14 bits per heavy atom. The van der Waals surface area contributed by atoms with E-state index in [2.05, 4.69) is 9.97 Å². The topological polar surface area (TPSA) is 64.5 Å². The smallest absolute Gasteiger partial charge is 0.410 e. The molecule has 4 rings (SSSR count). The Bertz CT molecular complexity index is 820. The summed E-state index contributed by atoms with van der Waals surface area (Å²) in [4.78, 5) is 22.4. The van der Waals surface area contributed by atoms with Crippen LogP contribution in [0.4, 0.5) is 4.79 Å². The highest BCUT2D eigenvalue weighted by molar-refractivity contribution is 5.68. The maximum absolute atomic E-state index is 12.3. The second kappa shape index (κ2) is 7.41. The van der Waals surface area contributed by atoms with E-state index in [1.807, 2.05) is 56.0 Å².